The van der Waals surface area contributed by atoms with Gasteiger partial charge in [-0.25, -0.2) is 9.97 Å². The van der Waals surface area contributed by atoms with Gasteiger partial charge in [-0.1, -0.05) is 281 Å². The molecule has 3 aromatic carbocycles. The van der Waals surface area contributed by atoms with E-state index in [9.17, 15) is 0 Å². The van der Waals surface area contributed by atoms with Crippen molar-refractivity contribution in [2.45, 2.75) is 258 Å². The van der Waals surface area contributed by atoms with Gasteiger partial charge in [-0.2, -0.15) is 0 Å². The maximum atomic E-state index is 5.28. The van der Waals surface area contributed by atoms with Gasteiger partial charge in [-0.05, 0) is 80.8 Å². The molecule has 0 amide bonds. The molecular weight excluding hydrogens is 908 g/mol. The minimum absolute atomic E-state index is 0.890. The van der Waals surface area contributed by atoms with Crippen molar-refractivity contribution in [1.82, 2.24) is 9.97 Å². The molecule has 1 aromatic heterocycles. The molecule has 0 aliphatic rings. The number of benzene rings is 3. The molecule has 2 nitrogen and oxygen atoms in total. The van der Waals surface area contributed by atoms with Crippen molar-refractivity contribution in [1.29, 1.82) is 0 Å². The predicted octanol–water partition coefficient (Wildman–Crippen LogP) is 21.7. The van der Waals surface area contributed by atoms with Crippen LogP contribution in [-0.2, 0) is 12.8 Å². The predicted molar refractivity (Wildman–Crippen MR) is 291 cm³/mol. The third-order valence-corrected chi connectivity index (χ3v) is 15.1. The summed E-state index contributed by atoms with van der Waals surface area (Å²) in [6.45, 7) is 4.61. The van der Waals surface area contributed by atoms with Gasteiger partial charge in [-0.3, -0.25) is 0 Å². The summed E-state index contributed by atoms with van der Waals surface area (Å²) in [5, 5.41) is 0. The van der Waals surface area contributed by atoms with E-state index in [0.29, 0.717) is 0 Å². The molecule has 356 valence electrons. The highest BCUT2D eigenvalue weighted by Crippen LogP contribution is 2.36. The zero-order valence-corrected chi connectivity index (χ0v) is 44.5. The van der Waals surface area contributed by atoms with E-state index in [1.54, 1.807) is 0 Å². The minimum atomic E-state index is 0.890. The van der Waals surface area contributed by atoms with Crippen molar-refractivity contribution in [2.24, 2.45) is 0 Å². The molecule has 0 bridgehead atoms. The summed E-state index contributed by atoms with van der Waals surface area (Å²) >= 11 is 7.54. The number of nitrogens with zero attached hydrogens (tertiary/aromatic N) is 2. The van der Waals surface area contributed by atoms with E-state index in [-0.39, 0.29) is 0 Å². The highest BCUT2D eigenvalue weighted by molar-refractivity contribution is 9.11. The van der Waals surface area contributed by atoms with Crippen molar-refractivity contribution in [2.75, 3.05) is 0 Å². The van der Waals surface area contributed by atoms with E-state index in [0.717, 1.165) is 55.3 Å². The average molecular weight is 1000 g/mol. The number of hydrogen-bond acceptors (Lipinski definition) is 2. The maximum absolute atomic E-state index is 5.28. The van der Waals surface area contributed by atoms with Gasteiger partial charge in [0.25, 0.3) is 0 Å². The highest BCUT2D eigenvalue weighted by Gasteiger charge is 2.17. The second kappa shape index (κ2) is 36.1. The Kier molecular flexibility index (Phi) is 30.7. The third-order valence-electron chi connectivity index (χ3n) is 13.8. The Labute approximate surface area is 411 Å². The number of halogens is 2. The molecule has 4 aromatic rings. The summed E-state index contributed by atoms with van der Waals surface area (Å²) in [6, 6.07) is 22.4. The Morgan fingerprint density at radius 1 is 0.281 bits per heavy atom. The third kappa shape index (κ3) is 23.1. The van der Waals surface area contributed by atoms with Gasteiger partial charge >= 0.3 is 0 Å². The lowest BCUT2D eigenvalue weighted by Gasteiger charge is -2.13. The van der Waals surface area contributed by atoms with E-state index in [4.69, 9.17) is 9.97 Å². The Balaban J connectivity index is 1.12. The molecule has 0 aliphatic carbocycles. The van der Waals surface area contributed by atoms with Crippen molar-refractivity contribution in [3.63, 3.8) is 0 Å². The maximum Gasteiger partial charge on any atom is 0.105 e. The molecule has 64 heavy (non-hydrogen) atoms. The molecule has 4 heteroatoms. The molecule has 0 radical (unpaired) electrons. The van der Waals surface area contributed by atoms with Crippen molar-refractivity contribution in [3.05, 3.63) is 80.7 Å². The molecule has 0 saturated heterocycles. The molecule has 0 aliphatic heterocycles. The first-order chi connectivity index (χ1) is 31.6. The highest BCUT2D eigenvalue weighted by atomic mass is 79.9. The minimum Gasteiger partial charge on any atom is -0.243 e. The van der Waals surface area contributed by atoms with Crippen LogP contribution in [0.2, 0.25) is 0 Å². The van der Waals surface area contributed by atoms with E-state index >= 15 is 0 Å². The largest absolute Gasteiger partial charge is 0.243 e. The molecule has 1 heterocycles. The van der Waals surface area contributed by atoms with Crippen molar-refractivity contribution >= 4 is 42.9 Å². The second-order valence-electron chi connectivity index (χ2n) is 19.6. The Bertz CT molecular complexity index is 1600. The van der Waals surface area contributed by atoms with Crippen LogP contribution >= 0.6 is 31.9 Å². The van der Waals surface area contributed by atoms with Crippen LogP contribution in [0.5, 0.6) is 0 Å². The Hall–Kier alpha value is -2.04. The zero-order valence-electron chi connectivity index (χ0n) is 41.3. The summed E-state index contributed by atoms with van der Waals surface area (Å²) in [4.78, 5) is 10.6. The van der Waals surface area contributed by atoms with Crippen LogP contribution in [0.3, 0.4) is 0 Å². The van der Waals surface area contributed by atoms with Crippen LogP contribution in [0, 0.1) is 0 Å². The van der Waals surface area contributed by atoms with Crippen LogP contribution in [0.25, 0.3) is 33.5 Å². The summed E-state index contributed by atoms with van der Waals surface area (Å²) in [5.41, 5.74) is 8.76. The van der Waals surface area contributed by atoms with Gasteiger partial charge in [0, 0.05) is 20.1 Å². The van der Waals surface area contributed by atoms with Crippen LogP contribution in [0.1, 0.15) is 256 Å². The fourth-order valence-electron chi connectivity index (χ4n) is 9.60. The zero-order chi connectivity index (χ0) is 45.1. The Morgan fingerprint density at radius 2 is 0.500 bits per heavy atom. The number of rotatable bonds is 40. The van der Waals surface area contributed by atoms with Gasteiger partial charge in [0.2, 0.25) is 0 Å². The van der Waals surface area contributed by atoms with Crippen LogP contribution < -0.4 is 0 Å². The van der Waals surface area contributed by atoms with Gasteiger partial charge in [-0.15, -0.1) is 0 Å². The molecule has 0 fully saturated rings. The normalized spacial score (nSPS) is 11.6. The molecule has 0 atom stereocenters. The van der Waals surface area contributed by atoms with Crippen LogP contribution in [0.4, 0.5) is 0 Å². The lowest BCUT2D eigenvalue weighted by molar-refractivity contribution is 0.525. The number of aryl methyl sites for hydroxylation is 2. The van der Waals surface area contributed by atoms with Gasteiger partial charge in [0.1, 0.15) is 11.0 Å². The fourth-order valence-corrected chi connectivity index (χ4v) is 10.4. The topological polar surface area (TPSA) is 25.8 Å². The number of hydrogen-bond donors (Lipinski definition) is 0. The van der Waals surface area contributed by atoms with E-state index in [2.05, 4.69) is 106 Å². The summed E-state index contributed by atoms with van der Waals surface area (Å²) < 4.78 is 1.94. The number of unbranched alkanes of at least 4 members (excludes halogenated alkanes) is 34. The lowest BCUT2D eigenvalue weighted by atomic mass is 9.98. The molecule has 0 spiro atoms. The first kappa shape index (κ1) is 54.6. The molecule has 0 saturated carbocycles. The quantitative estimate of drug-likeness (QED) is 0.0415. The fraction of sp³-hybridized carbons (Fsp3) is 0.667. The summed E-state index contributed by atoms with van der Waals surface area (Å²) in [6.07, 6.45) is 53.3. The SMILES string of the molecule is CCCCCCCCCCCCCCCCCCCCc1ccc(-c2nc3c(Br)ccc(Br)c3nc2-c2ccc(CCCCCCCCCCCCCCCCCCCC)cc2)cc1. The van der Waals surface area contributed by atoms with E-state index in [1.807, 2.05) is 0 Å². The van der Waals surface area contributed by atoms with E-state index in [1.165, 1.54) is 242 Å². The lowest BCUT2D eigenvalue weighted by Crippen LogP contribution is -1.97. The average Bonchev–Trinajstić information content (AvgIpc) is 3.32. The summed E-state index contributed by atoms with van der Waals surface area (Å²) in [7, 11) is 0. The van der Waals surface area contributed by atoms with Gasteiger partial charge < -0.3 is 0 Å². The molecule has 0 unspecified atom stereocenters. The molecule has 0 N–H and O–H groups in total. The summed E-state index contributed by atoms with van der Waals surface area (Å²) in [5.74, 6) is 0. The smallest absolute Gasteiger partial charge is 0.105 e. The number of fused-ring (bicyclic) bond motifs is 1. The first-order valence-corrected chi connectivity index (χ1v) is 29.0. The standard InChI is InChI=1S/C60H92Br2N2/c1-3-5-7-9-11-13-15-17-19-21-23-25-27-29-31-33-35-37-39-51-41-45-53(46-42-51)57-58(64-60-56(62)50-49-55(61)59(60)63-57)54-47-43-52(44-48-54)40-38-36-34-32-30-28-26-24-22-20-18-16-14-12-10-8-6-4-2/h41-50H,3-40H2,1-2H3. The van der Waals surface area contributed by atoms with Crippen molar-refractivity contribution in [3.8, 4) is 22.5 Å². The van der Waals surface area contributed by atoms with Crippen LogP contribution in [0.15, 0.2) is 69.6 Å². The molecular formula is C60H92Br2N2. The van der Waals surface area contributed by atoms with Gasteiger partial charge in [0.15, 0.2) is 0 Å². The van der Waals surface area contributed by atoms with Crippen molar-refractivity contribution < 1.29 is 0 Å². The van der Waals surface area contributed by atoms with Crippen LogP contribution in [-0.4, -0.2) is 9.97 Å². The Morgan fingerprint density at radius 3 is 0.734 bits per heavy atom. The van der Waals surface area contributed by atoms with Gasteiger partial charge in [0.05, 0.1) is 11.4 Å². The molecule has 4 rings (SSSR count). The monoisotopic (exact) mass is 999 g/mol. The van der Waals surface area contributed by atoms with E-state index < -0.39 is 0 Å². The second-order valence-corrected chi connectivity index (χ2v) is 21.3. The first-order valence-electron chi connectivity index (χ1n) is 27.4. The number of aromatic nitrogens is 2.